The molecule has 0 spiro atoms. The molecule has 5 nitrogen and oxygen atoms in total. The number of unbranched alkanes of at least 4 members (excludes halogenated alkanes) is 1. The Morgan fingerprint density at radius 2 is 2.27 bits per heavy atom. The van der Waals surface area contributed by atoms with Gasteiger partial charge < -0.3 is 10.4 Å². The van der Waals surface area contributed by atoms with Crippen molar-refractivity contribution in [3.8, 4) is 6.07 Å². The summed E-state index contributed by atoms with van der Waals surface area (Å²) in [6, 6.07) is 1.85. The highest BCUT2D eigenvalue weighted by Crippen LogP contribution is 1.94. The van der Waals surface area contributed by atoms with Crippen LogP contribution >= 0.6 is 0 Å². The fourth-order valence-electron chi connectivity index (χ4n) is 1.19. The molecule has 0 fully saturated rings. The zero-order chi connectivity index (χ0) is 11.5. The van der Waals surface area contributed by atoms with Gasteiger partial charge in [0.2, 0.25) is 5.91 Å². The largest absolute Gasteiger partial charge is 0.395 e. The molecule has 0 aromatic carbocycles. The molecule has 0 unspecified atom stereocenters. The van der Waals surface area contributed by atoms with Crippen molar-refractivity contribution >= 4 is 5.91 Å². The quantitative estimate of drug-likeness (QED) is 0.544. The lowest BCUT2D eigenvalue weighted by Gasteiger charge is -2.19. The summed E-state index contributed by atoms with van der Waals surface area (Å²) in [5.74, 6) is -0.166. The Labute approximate surface area is 90.7 Å². The number of aliphatic hydroxyl groups is 1. The van der Waals surface area contributed by atoms with Crippen LogP contribution in [0.5, 0.6) is 0 Å². The van der Waals surface area contributed by atoms with Crippen LogP contribution in [0.4, 0.5) is 0 Å². The summed E-state index contributed by atoms with van der Waals surface area (Å²) < 4.78 is 0. The second kappa shape index (κ2) is 9.44. The Balaban J connectivity index is 3.82. The fourth-order valence-corrected chi connectivity index (χ4v) is 1.19. The zero-order valence-corrected chi connectivity index (χ0v) is 9.20. The molecule has 0 bridgehead atoms. The minimum atomic E-state index is -0.166. The van der Waals surface area contributed by atoms with Crippen LogP contribution in [0.15, 0.2) is 0 Å². The summed E-state index contributed by atoms with van der Waals surface area (Å²) in [7, 11) is 0. The van der Waals surface area contributed by atoms with E-state index in [1.165, 1.54) is 0 Å². The number of rotatable bonds is 8. The maximum Gasteiger partial charge on any atom is 0.235 e. The number of hydrogen-bond donors (Lipinski definition) is 2. The van der Waals surface area contributed by atoms with Crippen molar-refractivity contribution in [1.82, 2.24) is 10.2 Å². The molecule has 86 valence electrons. The van der Waals surface area contributed by atoms with E-state index in [9.17, 15) is 4.79 Å². The average molecular weight is 213 g/mol. The van der Waals surface area contributed by atoms with Crippen LogP contribution in [0.1, 0.15) is 19.8 Å². The molecule has 0 aromatic rings. The number of nitriles is 1. The first-order chi connectivity index (χ1) is 7.24. The smallest absolute Gasteiger partial charge is 0.235 e. The molecule has 0 saturated carbocycles. The molecular weight excluding hydrogens is 194 g/mol. The molecule has 1 amide bonds. The molecular formula is C10H19N3O2. The van der Waals surface area contributed by atoms with E-state index in [0.717, 1.165) is 19.4 Å². The third kappa shape index (κ3) is 7.91. The Hall–Kier alpha value is -1.12. The summed E-state index contributed by atoms with van der Waals surface area (Å²) >= 11 is 0. The molecule has 0 saturated heterocycles. The molecule has 0 aliphatic carbocycles. The number of aliphatic hydroxyl groups excluding tert-OH is 1. The predicted molar refractivity (Wildman–Crippen MR) is 57.1 cm³/mol. The Morgan fingerprint density at radius 3 is 2.80 bits per heavy atom. The Kier molecular flexibility index (Phi) is 8.73. The SMILES string of the molecule is CCCCN(CCO)CC(=O)NCC#N. The molecule has 15 heavy (non-hydrogen) atoms. The van der Waals surface area contributed by atoms with E-state index >= 15 is 0 Å². The van der Waals surface area contributed by atoms with Gasteiger partial charge in [-0.15, -0.1) is 0 Å². The standard InChI is InChI=1S/C10H19N3O2/c1-2-3-6-13(7-8-14)9-10(15)12-5-4-11/h14H,2-3,5-9H2,1H3,(H,12,15). The van der Waals surface area contributed by atoms with E-state index in [1.807, 2.05) is 11.0 Å². The molecule has 0 atom stereocenters. The van der Waals surface area contributed by atoms with Gasteiger partial charge in [0.25, 0.3) is 0 Å². The van der Waals surface area contributed by atoms with Crippen molar-refractivity contribution < 1.29 is 9.90 Å². The number of carbonyl (C=O) groups excluding carboxylic acids is 1. The number of nitrogens with one attached hydrogen (secondary N) is 1. The van der Waals surface area contributed by atoms with Crippen molar-refractivity contribution in [2.45, 2.75) is 19.8 Å². The molecule has 0 aliphatic heterocycles. The van der Waals surface area contributed by atoms with Gasteiger partial charge in [-0.25, -0.2) is 0 Å². The highest BCUT2D eigenvalue weighted by molar-refractivity contribution is 5.78. The first-order valence-corrected chi connectivity index (χ1v) is 5.21. The van der Waals surface area contributed by atoms with Crippen LogP contribution in [0.3, 0.4) is 0 Å². The van der Waals surface area contributed by atoms with E-state index < -0.39 is 0 Å². The number of nitrogens with zero attached hydrogens (tertiary/aromatic N) is 2. The maximum atomic E-state index is 11.3. The summed E-state index contributed by atoms with van der Waals surface area (Å²) in [6.45, 7) is 3.72. The highest BCUT2D eigenvalue weighted by atomic mass is 16.3. The molecule has 0 aromatic heterocycles. The summed E-state index contributed by atoms with van der Waals surface area (Å²) in [5, 5.41) is 19.5. The lowest BCUT2D eigenvalue weighted by molar-refractivity contribution is -0.122. The van der Waals surface area contributed by atoms with E-state index in [4.69, 9.17) is 10.4 Å². The van der Waals surface area contributed by atoms with Crippen molar-refractivity contribution in [2.24, 2.45) is 0 Å². The first kappa shape index (κ1) is 13.9. The zero-order valence-electron chi connectivity index (χ0n) is 9.20. The van der Waals surface area contributed by atoms with Gasteiger partial charge in [-0.3, -0.25) is 9.69 Å². The van der Waals surface area contributed by atoms with Crippen molar-refractivity contribution in [3.63, 3.8) is 0 Å². The third-order valence-corrected chi connectivity index (χ3v) is 1.98. The monoisotopic (exact) mass is 213 g/mol. The van der Waals surface area contributed by atoms with Crippen molar-refractivity contribution in [1.29, 1.82) is 5.26 Å². The molecule has 0 heterocycles. The van der Waals surface area contributed by atoms with Crippen LogP contribution < -0.4 is 5.32 Å². The van der Waals surface area contributed by atoms with Crippen LogP contribution in [0.25, 0.3) is 0 Å². The highest BCUT2D eigenvalue weighted by Gasteiger charge is 2.08. The van der Waals surface area contributed by atoms with Crippen LogP contribution in [0, 0.1) is 11.3 Å². The van der Waals surface area contributed by atoms with Gasteiger partial charge in [0.1, 0.15) is 6.54 Å². The minimum absolute atomic E-state index is 0.0412. The lowest BCUT2D eigenvalue weighted by atomic mass is 10.3. The van der Waals surface area contributed by atoms with Gasteiger partial charge in [-0.2, -0.15) is 5.26 Å². The van der Waals surface area contributed by atoms with Crippen LogP contribution in [-0.2, 0) is 4.79 Å². The van der Waals surface area contributed by atoms with Crippen LogP contribution in [0.2, 0.25) is 0 Å². The first-order valence-electron chi connectivity index (χ1n) is 5.21. The second-order valence-corrected chi connectivity index (χ2v) is 3.29. The normalized spacial score (nSPS) is 10.0. The van der Waals surface area contributed by atoms with Gasteiger partial charge in [0.05, 0.1) is 19.2 Å². The average Bonchev–Trinajstić information content (AvgIpc) is 2.23. The molecule has 0 rings (SSSR count). The fraction of sp³-hybridized carbons (Fsp3) is 0.800. The van der Waals surface area contributed by atoms with Gasteiger partial charge in [-0.1, -0.05) is 13.3 Å². The lowest BCUT2D eigenvalue weighted by Crippen LogP contribution is -2.39. The third-order valence-electron chi connectivity index (χ3n) is 1.98. The van der Waals surface area contributed by atoms with Crippen LogP contribution in [-0.4, -0.2) is 48.7 Å². The van der Waals surface area contributed by atoms with Gasteiger partial charge in [0, 0.05) is 6.54 Å². The van der Waals surface area contributed by atoms with Crippen molar-refractivity contribution in [3.05, 3.63) is 0 Å². The van der Waals surface area contributed by atoms with E-state index in [-0.39, 0.29) is 25.6 Å². The maximum absolute atomic E-state index is 11.3. The molecule has 0 aliphatic rings. The Bertz CT molecular complexity index is 213. The number of carbonyl (C=O) groups is 1. The van der Waals surface area contributed by atoms with Gasteiger partial charge in [0.15, 0.2) is 0 Å². The summed E-state index contributed by atoms with van der Waals surface area (Å²) in [6.07, 6.45) is 2.06. The topological polar surface area (TPSA) is 76.4 Å². The number of amides is 1. The van der Waals surface area contributed by atoms with E-state index in [2.05, 4.69) is 12.2 Å². The molecule has 0 radical (unpaired) electrons. The second-order valence-electron chi connectivity index (χ2n) is 3.29. The van der Waals surface area contributed by atoms with E-state index in [0.29, 0.717) is 6.54 Å². The number of hydrogen-bond acceptors (Lipinski definition) is 4. The molecule has 2 N–H and O–H groups in total. The minimum Gasteiger partial charge on any atom is -0.395 e. The summed E-state index contributed by atoms with van der Waals surface area (Å²) in [5.41, 5.74) is 0. The van der Waals surface area contributed by atoms with E-state index in [1.54, 1.807) is 0 Å². The van der Waals surface area contributed by atoms with Crippen molar-refractivity contribution in [2.75, 3.05) is 32.8 Å². The van der Waals surface area contributed by atoms with Gasteiger partial charge in [-0.05, 0) is 13.0 Å². The van der Waals surface area contributed by atoms with Gasteiger partial charge >= 0.3 is 0 Å². The Morgan fingerprint density at radius 1 is 1.53 bits per heavy atom. The predicted octanol–water partition coefficient (Wildman–Crippen LogP) is -0.279. The summed E-state index contributed by atoms with van der Waals surface area (Å²) in [4.78, 5) is 13.1. The molecule has 5 heteroatoms.